The van der Waals surface area contributed by atoms with Crippen molar-refractivity contribution in [2.45, 2.75) is 19.4 Å². The lowest BCUT2D eigenvalue weighted by Gasteiger charge is -2.16. The Balaban J connectivity index is 3.33. The van der Waals surface area contributed by atoms with Crippen molar-refractivity contribution in [2.75, 3.05) is 7.05 Å². The Morgan fingerprint density at radius 2 is 2.23 bits per heavy atom. The van der Waals surface area contributed by atoms with E-state index < -0.39 is 10.0 Å². The highest BCUT2D eigenvalue weighted by atomic mass is 32.2. The summed E-state index contributed by atoms with van der Waals surface area (Å²) in [6.07, 6.45) is 0.576. The molecule has 0 saturated carbocycles. The highest BCUT2D eigenvalue weighted by Crippen LogP contribution is 2.28. The highest BCUT2D eigenvalue weighted by molar-refractivity contribution is 7.93. The Morgan fingerprint density at radius 1 is 1.69 bits per heavy atom. The van der Waals surface area contributed by atoms with Gasteiger partial charge in [0, 0.05) is 7.05 Å². The Morgan fingerprint density at radius 3 is 2.46 bits per heavy atom. The second-order valence-corrected chi connectivity index (χ2v) is 4.78. The SMILES string of the molecule is CCC1C(N)=C(C#N)S(=O)(=O)N1C. The number of nitriles is 1. The minimum Gasteiger partial charge on any atom is -0.399 e. The van der Waals surface area contributed by atoms with Gasteiger partial charge < -0.3 is 5.73 Å². The first kappa shape index (κ1) is 10.0. The van der Waals surface area contributed by atoms with Gasteiger partial charge in [-0.25, -0.2) is 8.42 Å². The van der Waals surface area contributed by atoms with Crippen molar-refractivity contribution in [1.29, 1.82) is 5.26 Å². The van der Waals surface area contributed by atoms with Gasteiger partial charge in [0.25, 0.3) is 10.0 Å². The summed E-state index contributed by atoms with van der Waals surface area (Å²) in [5.41, 5.74) is 5.71. The van der Waals surface area contributed by atoms with Crippen LogP contribution in [0, 0.1) is 11.3 Å². The van der Waals surface area contributed by atoms with E-state index in [-0.39, 0.29) is 16.6 Å². The van der Waals surface area contributed by atoms with Gasteiger partial charge in [0.15, 0.2) is 4.91 Å². The molecule has 0 aromatic rings. The van der Waals surface area contributed by atoms with Gasteiger partial charge in [0.1, 0.15) is 6.07 Å². The fraction of sp³-hybridized carbons (Fsp3) is 0.571. The Hall–Kier alpha value is -1.06. The quantitative estimate of drug-likeness (QED) is 0.632. The predicted octanol–water partition coefficient (Wildman–Crippen LogP) is -0.266. The number of nitrogens with zero attached hydrogens (tertiary/aromatic N) is 2. The summed E-state index contributed by atoms with van der Waals surface area (Å²) in [4.78, 5) is -0.304. The van der Waals surface area contributed by atoms with E-state index in [0.717, 1.165) is 4.31 Å². The van der Waals surface area contributed by atoms with Crippen LogP contribution in [0.5, 0.6) is 0 Å². The molecule has 0 aliphatic carbocycles. The van der Waals surface area contributed by atoms with Crippen molar-refractivity contribution in [3.05, 3.63) is 10.6 Å². The summed E-state index contributed by atoms with van der Waals surface area (Å²) < 4.78 is 24.1. The van der Waals surface area contributed by atoms with E-state index in [2.05, 4.69) is 0 Å². The molecule has 0 spiro atoms. The molecule has 0 amide bonds. The first-order valence-corrected chi connectivity index (χ1v) is 5.28. The van der Waals surface area contributed by atoms with Gasteiger partial charge in [-0.05, 0) is 6.42 Å². The molecule has 0 bridgehead atoms. The standard InChI is InChI=1S/C7H11N3O2S/c1-3-5-7(9)6(4-8)13(11,12)10(5)2/h5H,3,9H2,1-2H3. The Labute approximate surface area is 77.5 Å². The number of nitrogens with two attached hydrogens (primary N) is 1. The maximum Gasteiger partial charge on any atom is 0.255 e. The molecule has 0 saturated heterocycles. The minimum atomic E-state index is -3.60. The number of allylic oxidation sites excluding steroid dienone is 1. The zero-order valence-corrected chi connectivity index (χ0v) is 8.30. The minimum absolute atomic E-state index is 0.160. The normalized spacial score (nSPS) is 27.6. The van der Waals surface area contributed by atoms with E-state index in [1.54, 1.807) is 6.07 Å². The zero-order chi connectivity index (χ0) is 10.2. The third-order valence-corrected chi connectivity index (χ3v) is 4.04. The zero-order valence-electron chi connectivity index (χ0n) is 7.48. The number of sulfonamides is 1. The average Bonchev–Trinajstić information content (AvgIpc) is 2.20. The van der Waals surface area contributed by atoms with Crippen molar-refractivity contribution in [1.82, 2.24) is 4.31 Å². The number of hydrogen-bond acceptors (Lipinski definition) is 4. The molecule has 72 valence electrons. The van der Waals surface area contributed by atoms with E-state index >= 15 is 0 Å². The van der Waals surface area contributed by atoms with E-state index in [4.69, 9.17) is 11.0 Å². The largest absolute Gasteiger partial charge is 0.399 e. The molecule has 13 heavy (non-hydrogen) atoms. The van der Waals surface area contributed by atoms with Gasteiger partial charge in [0.05, 0.1) is 11.7 Å². The Bertz CT molecular complexity index is 390. The number of hydrogen-bond donors (Lipinski definition) is 1. The highest BCUT2D eigenvalue weighted by Gasteiger charge is 2.40. The lowest BCUT2D eigenvalue weighted by molar-refractivity contribution is 0.412. The average molecular weight is 201 g/mol. The van der Waals surface area contributed by atoms with Crippen LogP contribution >= 0.6 is 0 Å². The summed E-state index contributed by atoms with van der Waals surface area (Å²) in [6.45, 7) is 1.82. The molecule has 6 heteroatoms. The molecular formula is C7H11N3O2S. The molecule has 1 rings (SSSR count). The topological polar surface area (TPSA) is 87.2 Å². The van der Waals surface area contributed by atoms with Crippen molar-refractivity contribution >= 4 is 10.0 Å². The van der Waals surface area contributed by atoms with E-state index in [1.807, 2.05) is 6.92 Å². The van der Waals surface area contributed by atoms with Crippen molar-refractivity contribution in [2.24, 2.45) is 5.73 Å². The Kier molecular flexibility index (Phi) is 2.32. The van der Waals surface area contributed by atoms with Crippen molar-refractivity contribution in [3.8, 4) is 6.07 Å². The van der Waals surface area contributed by atoms with Crippen molar-refractivity contribution < 1.29 is 8.42 Å². The first-order valence-electron chi connectivity index (χ1n) is 3.84. The second-order valence-electron chi connectivity index (χ2n) is 2.84. The van der Waals surface area contributed by atoms with Crippen molar-refractivity contribution in [3.63, 3.8) is 0 Å². The van der Waals surface area contributed by atoms with Crippen LogP contribution in [0.25, 0.3) is 0 Å². The number of likely N-dealkylation sites (N-methyl/N-ethyl adjacent to an activating group) is 1. The molecule has 0 aromatic heterocycles. The monoisotopic (exact) mass is 201 g/mol. The summed E-state index contributed by atoms with van der Waals surface area (Å²) in [5.74, 6) is 0. The van der Waals surface area contributed by atoms with Crippen LogP contribution in [0.3, 0.4) is 0 Å². The molecule has 1 unspecified atom stereocenters. The molecule has 5 nitrogen and oxygen atoms in total. The molecule has 1 atom stereocenters. The maximum atomic E-state index is 11.5. The molecular weight excluding hydrogens is 190 g/mol. The van der Waals surface area contributed by atoms with E-state index in [0.29, 0.717) is 6.42 Å². The van der Waals surface area contributed by atoms with Crippen LogP contribution in [0.15, 0.2) is 10.6 Å². The summed E-state index contributed by atoms with van der Waals surface area (Å²) >= 11 is 0. The lowest BCUT2D eigenvalue weighted by Crippen LogP contribution is -2.32. The van der Waals surface area contributed by atoms with Gasteiger partial charge in [0.2, 0.25) is 0 Å². The van der Waals surface area contributed by atoms with Crippen LogP contribution in [-0.4, -0.2) is 25.8 Å². The summed E-state index contributed by atoms with van der Waals surface area (Å²) in [7, 11) is -2.17. The van der Waals surface area contributed by atoms with E-state index in [9.17, 15) is 8.42 Å². The van der Waals surface area contributed by atoms with Crippen LogP contribution < -0.4 is 5.73 Å². The third kappa shape index (κ3) is 1.20. The molecule has 0 fully saturated rings. The molecule has 1 heterocycles. The van der Waals surface area contributed by atoms with Gasteiger partial charge in [-0.15, -0.1) is 0 Å². The smallest absolute Gasteiger partial charge is 0.255 e. The summed E-state index contributed by atoms with van der Waals surface area (Å²) in [6, 6.07) is 1.26. The predicted molar refractivity (Wildman–Crippen MR) is 47.6 cm³/mol. The van der Waals surface area contributed by atoms with Gasteiger partial charge in [-0.3, -0.25) is 0 Å². The fourth-order valence-corrected chi connectivity index (χ4v) is 2.84. The second kappa shape index (κ2) is 3.01. The van der Waals surface area contributed by atoms with Crippen LogP contribution in [-0.2, 0) is 10.0 Å². The molecule has 1 aliphatic heterocycles. The van der Waals surface area contributed by atoms with Gasteiger partial charge in [-0.2, -0.15) is 9.57 Å². The van der Waals surface area contributed by atoms with Crippen LogP contribution in [0.4, 0.5) is 0 Å². The maximum absolute atomic E-state index is 11.5. The lowest BCUT2D eigenvalue weighted by atomic mass is 10.1. The number of rotatable bonds is 1. The fourth-order valence-electron chi connectivity index (χ4n) is 1.41. The molecule has 2 N–H and O–H groups in total. The molecule has 1 aliphatic rings. The van der Waals surface area contributed by atoms with Gasteiger partial charge in [-0.1, -0.05) is 6.92 Å². The van der Waals surface area contributed by atoms with Gasteiger partial charge >= 0.3 is 0 Å². The molecule has 0 aromatic carbocycles. The third-order valence-electron chi connectivity index (χ3n) is 2.19. The first-order chi connectivity index (χ1) is 5.96. The summed E-state index contributed by atoms with van der Waals surface area (Å²) in [5, 5.41) is 8.61. The van der Waals surface area contributed by atoms with Crippen LogP contribution in [0.2, 0.25) is 0 Å². The van der Waals surface area contributed by atoms with Crippen LogP contribution in [0.1, 0.15) is 13.3 Å². The van der Waals surface area contributed by atoms with E-state index in [1.165, 1.54) is 7.05 Å². The molecule has 0 radical (unpaired) electrons.